The van der Waals surface area contributed by atoms with Crippen molar-refractivity contribution in [2.45, 2.75) is 13.5 Å². The van der Waals surface area contributed by atoms with Crippen molar-refractivity contribution in [3.63, 3.8) is 0 Å². The summed E-state index contributed by atoms with van der Waals surface area (Å²) in [7, 11) is 1.82. The molecule has 0 saturated heterocycles. The van der Waals surface area contributed by atoms with Crippen LogP contribution in [0.3, 0.4) is 0 Å². The smallest absolute Gasteiger partial charge is 0.264 e. The van der Waals surface area contributed by atoms with Crippen molar-refractivity contribution in [1.82, 2.24) is 35.1 Å². The molecule has 3 aromatic heterocycles. The number of aromatic nitrogens is 7. The highest BCUT2D eigenvalue weighted by Gasteiger charge is 2.19. The van der Waals surface area contributed by atoms with Crippen molar-refractivity contribution in [2.75, 3.05) is 11.4 Å². The Balaban J connectivity index is 1.58. The fourth-order valence-corrected chi connectivity index (χ4v) is 3.09. The number of benzene rings is 1. The molecule has 10 nitrogen and oxygen atoms in total. The minimum atomic E-state index is -0.306. The van der Waals surface area contributed by atoms with E-state index in [1.165, 1.54) is 12.3 Å². The van der Waals surface area contributed by atoms with E-state index in [0.29, 0.717) is 47.2 Å². The number of halogens is 1. The Bertz CT molecular complexity index is 1200. The molecule has 4 rings (SSSR count). The van der Waals surface area contributed by atoms with Crippen molar-refractivity contribution >= 4 is 17.5 Å². The summed E-state index contributed by atoms with van der Waals surface area (Å²) in [6, 6.07) is 8.65. The van der Waals surface area contributed by atoms with Crippen LogP contribution in [0.5, 0.6) is 0 Å². The third kappa shape index (κ3) is 3.87. The van der Waals surface area contributed by atoms with Crippen molar-refractivity contribution in [3.8, 4) is 22.8 Å². The van der Waals surface area contributed by atoms with E-state index in [-0.39, 0.29) is 5.56 Å². The minimum absolute atomic E-state index is 0.306. The molecule has 0 amide bonds. The number of hydrogen-bond donors (Lipinski definition) is 1. The van der Waals surface area contributed by atoms with Gasteiger partial charge in [-0.3, -0.25) is 9.36 Å². The van der Waals surface area contributed by atoms with Gasteiger partial charge in [0.25, 0.3) is 11.4 Å². The molecule has 0 bridgehead atoms. The predicted octanol–water partition coefficient (Wildman–Crippen LogP) is 2.30. The summed E-state index contributed by atoms with van der Waals surface area (Å²) in [6.07, 6.45) is 1.53. The van der Waals surface area contributed by atoms with Gasteiger partial charge in [-0.1, -0.05) is 22.8 Å². The molecule has 0 aliphatic heterocycles. The van der Waals surface area contributed by atoms with Crippen molar-refractivity contribution in [3.05, 3.63) is 57.7 Å². The number of aromatic amines is 1. The van der Waals surface area contributed by atoms with E-state index in [2.05, 4.69) is 30.5 Å². The summed E-state index contributed by atoms with van der Waals surface area (Å²) in [5.74, 6) is 2.04. The van der Waals surface area contributed by atoms with Gasteiger partial charge in [-0.15, -0.1) is 10.2 Å². The monoisotopic (exact) mass is 412 g/mol. The molecular weight excluding hydrogens is 396 g/mol. The molecule has 11 heteroatoms. The zero-order chi connectivity index (χ0) is 20.4. The first kappa shape index (κ1) is 18.8. The van der Waals surface area contributed by atoms with Crippen molar-refractivity contribution in [1.29, 1.82) is 0 Å². The maximum Gasteiger partial charge on any atom is 0.264 e. The van der Waals surface area contributed by atoms with Crippen LogP contribution in [0.1, 0.15) is 12.7 Å². The van der Waals surface area contributed by atoms with Crippen molar-refractivity contribution in [2.24, 2.45) is 7.05 Å². The lowest BCUT2D eigenvalue weighted by Crippen LogP contribution is -2.25. The lowest BCUT2D eigenvalue weighted by molar-refractivity contribution is 0.421. The Labute approximate surface area is 170 Å². The SMILES string of the molecule is CCN(Cc1noc(-c2cccc(Cl)c2)n1)c1nnc(-c2cn[nH]c(=O)c2)n1C. The number of H-pyrrole nitrogens is 1. The molecule has 29 heavy (non-hydrogen) atoms. The third-order valence-corrected chi connectivity index (χ3v) is 4.55. The molecule has 0 spiro atoms. The van der Waals surface area contributed by atoms with E-state index in [4.69, 9.17) is 16.1 Å². The van der Waals surface area contributed by atoms with Gasteiger partial charge in [0.1, 0.15) is 0 Å². The van der Waals surface area contributed by atoms with E-state index >= 15 is 0 Å². The number of hydrogen-bond acceptors (Lipinski definition) is 8. The third-order valence-electron chi connectivity index (χ3n) is 4.31. The minimum Gasteiger partial charge on any atom is -0.334 e. The molecule has 1 aromatic carbocycles. The molecular formula is C18H17ClN8O2. The molecule has 0 atom stereocenters. The second kappa shape index (κ2) is 7.84. The first-order chi connectivity index (χ1) is 14.0. The molecule has 1 N–H and O–H groups in total. The Morgan fingerprint density at radius 1 is 1.24 bits per heavy atom. The van der Waals surface area contributed by atoms with Crippen LogP contribution in [-0.4, -0.2) is 41.6 Å². The van der Waals surface area contributed by atoms with Crippen LogP contribution in [0, 0.1) is 0 Å². The summed E-state index contributed by atoms with van der Waals surface area (Å²) in [6.45, 7) is 3.00. The van der Waals surface area contributed by atoms with Gasteiger partial charge in [-0.25, -0.2) is 5.10 Å². The van der Waals surface area contributed by atoms with Gasteiger partial charge in [-0.2, -0.15) is 10.1 Å². The van der Waals surface area contributed by atoms with Gasteiger partial charge in [0.15, 0.2) is 11.6 Å². The molecule has 0 aliphatic carbocycles. The lowest BCUT2D eigenvalue weighted by atomic mass is 10.2. The fourth-order valence-electron chi connectivity index (χ4n) is 2.90. The quantitative estimate of drug-likeness (QED) is 0.512. The predicted molar refractivity (Wildman–Crippen MR) is 106 cm³/mol. The topological polar surface area (TPSA) is 119 Å². The average molecular weight is 413 g/mol. The highest BCUT2D eigenvalue weighted by atomic mass is 35.5. The largest absolute Gasteiger partial charge is 0.334 e. The van der Waals surface area contributed by atoms with Gasteiger partial charge < -0.3 is 9.42 Å². The number of nitrogens with zero attached hydrogens (tertiary/aromatic N) is 7. The average Bonchev–Trinajstić information content (AvgIpc) is 3.33. The van der Waals surface area contributed by atoms with Crippen LogP contribution in [0.15, 0.2) is 45.8 Å². The molecule has 0 aliphatic rings. The standard InChI is InChI=1S/C18H17ClN8O2/c1-3-27(10-14-21-17(29-25-14)11-5-4-6-13(19)7-11)18-24-23-16(26(18)2)12-8-15(28)22-20-9-12/h4-9H,3,10H2,1-2H3,(H,22,28). The van der Waals surface area contributed by atoms with Crippen LogP contribution in [0.4, 0.5) is 5.95 Å². The molecule has 0 saturated carbocycles. The van der Waals surface area contributed by atoms with Crippen LogP contribution >= 0.6 is 11.6 Å². The zero-order valence-corrected chi connectivity index (χ0v) is 16.5. The Morgan fingerprint density at radius 3 is 2.86 bits per heavy atom. The molecule has 0 unspecified atom stereocenters. The highest BCUT2D eigenvalue weighted by molar-refractivity contribution is 6.30. The van der Waals surface area contributed by atoms with Crippen molar-refractivity contribution < 1.29 is 4.52 Å². The molecule has 4 aromatic rings. The number of rotatable bonds is 6. The maximum atomic E-state index is 11.5. The van der Waals surface area contributed by atoms with Gasteiger partial charge in [0.2, 0.25) is 5.95 Å². The van der Waals surface area contributed by atoms with Gasteiger partial charge >= 0.3 is 0 Å². The van der Waals surface area contributed by atoms with E-state index in [1.54, 1.807) is 16.7 Å². The Morgan fingerprint density at radius 2 is 2.10 bits per heavy atom. The summed E-state index contributed by atoms with van der Waals surface area (Å²) >= 11 is 6.03. The van der Waals surface area contributed by atoms with Crippen LogP contribution in [-0.2, 0) is 13.6 Å². The zero-order valence-electron chi connectivity index (χ0n) is 15.7. The maximum absolute atomic E-state index is 11.5. The molecule has 0 fully saturated rings. The Kier molecular flexibility index (Phi) is 5.09. The normalized spacial score (nSPS) is 11.0. The summed E-state index contributed by atoms with van der Waals surface area (Å²) < 4.78 is 7.16. The second-order valence-corrected chi connectivity index (χ2v) is 6.69. The first-order valence-electron chi connectivity index (χ1n) is 8.83. The lowest BCUT2D eigenvalue weighted by Gasteiger charge is -2.19. The van der Waals surface area contributed by atoms with E-state index in [1.807, 2.05) is 31.0 Å². The summed E-state index contributed by atoms with van der Waals surface area (Å²) in [5.41, 5.74) is 1.02. The molecule has 148 valence electrons. The molecule has 0 radical (unpaired) electrons. The summed E-state index contributed by atoms with van der Waals surface area (Å²) in [4.78, 5) is 17.9. The van der Waals surface area contributed by atoms with Gasteiger partial charge in [0.05, 0.1) is 12.7 Å². The summed E-state index contributed by atoms with van der Waals surface area (Å²) in [5, 5.41) is 19.3. The van der Waals surface area contributed by atoms with E-state index < -0.39 is 0 Å². The molecule has 3 heterocycles. The van der Waals surface area contributed by atoms with Crippen LogP contribution in [0.25, 0.3) is 22.8 Å². The Hall–Kier alpha value is -3.53. The van der Waals surface area contributed by atoms with Crippen LogP contribution in [0.2, 0.25) is 5.02 Å². The highest BCUT2D eigenvalue weighted by Crippen LogP contribution is 2.23. The fraction of sp³-hybridized carbons (Fsp3) is 0.222. The second-order valence-electron chi connectivity index (χ2n) is 6.26. The number of nitrogens with one attached hydrogen (secondary N) is 1. The number of anilines is 1. The van der Waals surface area contributed by atoms with E-state index in [9.17, 15) is 4.79 Å². The van der Waals surface area contributed by atoms with E-state index in [0.717, 1.165) is 5.56 Å². The van der Waals surface area contributed by atoms with Crippen LogP contribution < -0.4 is 10.5 Å². The van der Waals surface area contributed by atoms with Gasteiger partial charge in [-0.05, 0) is 25.1 Å². The first-order valence-corrected chi connectivity index (χ1v) is 9.21. The van der Waals surface area contributed by atoms with Gasteiger partial charge in [0, 0.05) is 35.8 Å².